The second-order valence-electron chi connectivity index (χ2n) is 2.72. The van der Waals surface area contributed by atoms with Gasteiger partial charge in [0.15, 0.2) is 0 Å². The Labute approximate surface area is 77.3 Å². The van der Waals surface area contributed by atoms with Crippen LogP contribution in [0.4, 0.5) is 0 Å². The summed E-state index contributed by atoms with van der Waals surface area (Å²) in [6, 6.07) is 4.10. The molecule has 0 amide bonds. The number of methoxy groups -OCH3 is 1. The minimum atomic E-state index is 0.0278. The van der Waals surface area contributed by atoms with Crippen molar-refractivity contribution in [2.75, 3.05) is 7.11 Å². The second kappa shape index (κ2) is 4.60. The fourth-order valence-electron chi connectivity index (χ4n) is 1.23. The standard InChI is InChI=1S/C9H15NOS/c1-3-7(11-2)9(10)8-5-4-6-12-8/h4-7,9H,3,10H2,1-2H3. The Kier molecular flexibility index (Phi) is 3.72. The molecule has 68 valence electrons. The summed E-state index contributed by atoms with van der Waals surface area (Å²) in [4.78, 5) is 1.20. The summed E-state index contributed by atoms with van der Waals surface area (Å²) in [5, 5.41) is 2.04. The molecule has 1 heterocycles. The summed E-state index contributed by atoms with van der Waals surface area (Å²) in [6.45, 7) is 2.08. The molecule has 0 radical (unpaired) electrons. The average molecular weight is 185 g/mol. The van der Waals surface area contributed by atoms with Gasteiger partial charge in [-0.05, 0) is 17.9 Å². The average Bonchev–Trinajstić information content (AvgIpc) is 2.58. The highest BCUT2D eigenvalue weighted by molar-refractivity contribution is 7.10. The molecule has 0 saturated carbocycles. The van der Waals surface area contributed by atoms with Crippen LogP contribution in [0.2, 0.25) is 0 Å². The van der Waals surface area contributed by atoms with Gasteiger partial charge in [-0.15, -0.1) is 11.3 Å². The van der Waals surface area contributed by atoms with Crippen LogP contribution < -0.4 is 5.73 Å². The van der Waals surface area contributed by atoms with Gasteiger partial charge in [-0.3, -0.25) is 0 Å². The van der Waals surface area contributed by atoms with E-state index in [0.29, 0.717) is 0 Å². The van der Waals surface area contributed by atoms with E-state index < -0.39 is 0 Å². The molecule has 0 aliphatic rings. The van der Waals surface area contributed by atoms with E-state index in [1.54, 1.807) is 18.4 Å². The van der Waals surface area contributed by atoms with E-state index in [1.165, 1.54) is 4.88 Å². The Morgan fingerprint density at radius 3 is 2.83 bits per heavy atom. The van der Waals surface area contributed by atoms with Gasteiger partial charge in [0.2, 0.25) is 0 Å². The number of hydrogen-bond acceptors (Lipinski definition) is 3. The van der Waals surface area contributed by atoms with E-state index in [1.807, 2.05) is 11.4 Å². The normalized spacial score (nSPS) is 15.9. The highest BCUT2D eigenvalue weighted by atomic mass is 32.1. The maximum Gasteiger partial charge on any atom is 0.0769 e. The molecule has 0 fully saturated rings. The van der Waals surface area contributed by atoms with Gasteiger partial charge >= 0.3 is 0 Å². The van der Waals surface area contributed by atoms with Gasteiger partial charge in [-0.1, -0.05) is 13.0 Å². The third-order valence-electron chi connectivity index (χ3n) is 1.98. The predicted molar refractivity (Wildman–Crippen MR) is 52.3 cm³/mol. The van der Waals surface area contributed by atoms with Crippen LogP contribution in [-0.4, -0.2) is 13.2 Å². The van der Waals surface area contributed by atoms with Crippen molar-refractivity contribution in [1.82, 2.24) is 0 Å². The van der Waals surface area contributed by atoms with Gasteiger partial charge in [0, 0.05) is 12.0 Å². The first-order valence-electron chi connectivity index (χ1n) is 4.11. The molecule has 1 aromatic rings. The summed E-state index contributed by atoms with van der Waals surface area (Å²) < 4.78 is 5.27. The van der Waals surface area contributed by atoms with Crippen molar-refractivity contribution in [2.45, 2.75) is 25.5 Å². The Balaban J connectivity index is 2.63. The minimum Gasteiger partial charge on any atom is -0.379 e. The van der Waals surface area contributed by atoms with Crippen LogP contribution in [0, 0.1) is 0 Å². The topological polar surface area (TPSA) is 35.2 Å². The van der Waals surface area contributed by atoms with Gasteiger partial charge in [-0.25, -0.2) is 0 Å². The van der Waals surface area contributed by atoms with Gasteiger partial charge in [-0.2, -0.15) is 0 Å². The van der Waals surface area contributed by atoms with Crippen molar-refractivity contribution < 1.29 is 4.74 Å². The monoisotopic (exact) mass is 185 g/mol. The molecule has 0 saturated heterocycles. The van der Waals surface area contributed by atoms with Gasteiger partial charge in [0.05, 0.1) is 12.1 Å². The zero-order valence-electron chi connectivity index (χ0n) is 7.49. The predicted octanol–water partition coefficient (Wildman–Crippen LogP) is 2.17. The van der Waals surface area contributed by atoms with Crippen molar-refractivity contribution in [1.29, 1.82) is 0 Å². The quantitative estimate of drug-likeness (QED) is 0.780. The van der Waals surface area contributed by atoms with E-state index in [0.717, 1.165) is 6.42 Å². The number of nitrogens with two attached hydrogens (primary N) is 1. The van der Waals surface area contributed by atoms with Gasteiger partial charge < -0.3 is 10.5 Å². The molecule has 0 aliphatic carbocycles. The highest BCUT2D eigenvalue weighted by Gasteiger charge is 2.17. The SMILES string of the molecule is CCC(OC)C(N)c1cccs1. The molecule has 0 aliphatic heterocycles. The van der Waals surface area contributed by atoms with Crippen molar-refractivity contribution in [2.24, 2.45) is 5.73 Å². The second-order valence-corrected chi connectivity index (χ2v) is 3.70. The van der Waals surface area contributed by atoms with Crippen LogP contribution >= 0.6 is 11.3 Å². The molecular weight excluding hydrogens is 170 g/mol. The Morgan fingerprint density at radius 1 is 1.67 bits per heavy atom. The highest BCUT2D eigenvalue weighted by Crippen LogP contribution is 2.22. The van der Waals surface area contributed by atoms with Gasteiger partial charge in [0.25, 0.3) is 0 Å². The summed E-state index contributed by atoms with van der Waals surface area (Å²) >= 11 is 1.69. The van der Waals surface area contributed by atoms with E-state index >= 15 is 0 Å². The number of hydrogen-bond donors (Lipinski definition) is 1. The van der Waals surface area contributed by atoms with Crippen molar-refractivity contribution in [3.8, 4) is 0 Å². The molecule has 12 heavy (non-hydrogen) atoms. The first-order valence-corrected chi connectivity index (χ1v) is 4.99. The maximum absolute atomic E-state index is 5.99. The lowest BCUT2D eigenvalue weighted by Gasteiger charge is -2.19. The minimum absolute atomic E-state index is 0.0278. The van der Waals surface area contributed by atoms with Crippen LogP contribution in [0.5, 0.6) is 0 Å². The van der Waals surface area contributed by atoms with E-state index in [-0.39, 0.29) is 12.1 Å². The molecule has 0 aromatic carbocycles. The first kappa shape index (κ1) is 9.71. The summed E-state index contributed by atoms with van der Waals surface area (Å²) in [7, 11) is 1.71. The molecular formula is C9H15NOS. The van der Waals surface area contributed by atoms with Crippen LogP contribution in [0.1, 0.15) is 24.3 Å². The molecule has 0 spiro atoms. The van der Waals surface area contributed by atoms with Crippen molar-refractivity contribution in [3.63, 3.8) is 0 Å². The van der Waals surface area contributed by atoms with Gasteiger partial charge in [0.1, 0.15) is 0 Å². The Bertz CT molecular complexity index is 206. The number of thiophene rings is 1. The van der Waals surface area contributed by atoms with Crippen molar-refractivity contribution in [3.05, 3.63) is 22.4 Å². The molecule has 3 heteroatoms. The molecule has 2 unspecified atom stereocenters. The van der Waals surface area contributed by atoms with Crippen LogP contribution in [-0.2, 0) is 4.74 Å². The summed E-state index contributed by atoms with van der Waals surface area (Å²) in [5.41, 5.74) is 5.99. The molecule has 2 atom stereocenters. The molecule has 2 N–H and O–H groups in total. The van der Waals surface area contributed by atoms with Crippen molar-refractivity contribution >= 4 is 11.3 Å². The fourth-order valence-corrected chi connectivity index (χ4v) is 2.01. The fraction of sp³-hybridized carbons (Fsp3) is 0.556. The molecule has 0 bridgehead atoms. The van der Waals surface area contributed by atoms with E-state index in [4.69, 9.17) is 10.5 Å². The smallest absolute Gasteiger partial charge is 0.0769 e. The third-order valence-corrected chi connectivity index (χ3v) is 2.95. The summed E-state index contributed by atoms with van der Waals surface area (Å²) in [5.74, 6) is 0. The van der Waals surface area contributed by atoms with Crippen LogP contribution in [0.3, 0.4) is 0 Å². The van der Waals surface area contributed by atoms with E-state index in [2.05, 4.69) is 13.0 Å². The van der Waals surface area contributed by atoms with E-state index in [9.17, 15) is 0 Å². The molecule has 1 aromatic heterocycles. The van der Waals surface area contributed by atoms with Crippen LogP contribution in [0.15, 0.2) is 17.5 Å². The largest absolute Gasteiger partial charge is 0.379 e. The number of rotatable bonds is 4. The lowest BCUT2D eigenvalue weighted by atomic mass is 10.1. The third kappa shape index (κ3) is 2.06. The maximum atomic E-state index is 5.99. The summed E-state index contributed by atoms with van der Waals surface area (Å²) in [6.07, 6.45) is 1.10. The Morgan fingerprint density at radius 2 is 2.42 bits per heavy atom. The van der Waals surface area contributed by atoms with Crippen LogP contribution in [0.25, 0.3) is 0 Å². The molecule has 1 rings (SSSR count). The lowest BCUT2D eigenvalue weighted by molar-refractivity contribution is 0.0781. The lowest BCUT2D eigenvalue weighted by Crippen LogP contribution is -2.26. The zero-order chi connectivity index (χ0) is 8.97. The Hall–Kier alpha value is -0.380. The number of ether oxygens (including phenoxy) is 1. The zero-order valence-corrected chi connectivity index (χ0v) is 8.30. The molecule has 2 nitrogen and oxygen atoms in total. The first-order chi connectivity index (χ1) is 5.79.